The lowest BCUT2D eigenvalue weighted by atomic mass is 10.2. The van der Waals surface area contributed by atoms with E-state index in [0.29, 0.717) is 0 Å². The van der Waals surface area contributed by atoms with Crippen LogP contribution in [0.15, 0.2) is 29.7 Å². The molecule has 0 atom stereocenters. The first-order valence-electron chi connectivity index (χ1n) is 4.56. The van der Waals surface area contributed by atoms with Crippen LogP contribution in [0.4, 0.5) is 0 Å². The van der Waals surface area contributed by atoms with E-state index in [0.717, 1.165) is 12.4 Å². The Morgan fingerprint density at radius 2 is 2.36 bits per heavy atom. The zero-order chi connectivity index (χ0) is 9.54. The molecule has 0 unspecified atom stereocenters. The second-order valence-corrected chi connectivity index (χ2v) is 3.48. The van der Waals surface area contributed by atoms with E-state index >= 15 is 0 Å². The van der Waals surface area contributed by atoms with Gasteiger partial charge in [-0.25, -0.2) is 0 Å². The fourth-order valence-electron chi connectivity index (χ4n) is 1.76. The Balaban J connectivity index is 2.20. The smallest absolute Gasteiger partial charge is 0.162 e. The maximum atomic E-state index is 4.04. The second kappa shape index (κ2) is 2.57. The van der Waals surface area contributed by atoms with Crippen molar-refractivity contribution in [2.75, 3.05) is 13.6 Å². The van der Waals surface area contributed by atoms with Crippen LogP contribution >= 0.6 is 0 Å². The summed E-state index contributed by atoms with van der Waals surface area (Å²) < 4.78 is 1.92. The predicted octanol–water partition coefficient (Wildman–Crippen LogP) is 0.975. The first-order chi connectivity index (χ1) is 6.84. The molecule has 14 heavy (non-hydrogen) atoms. The highest BCUT2D eigenvalue weighted by Crippen LogP contribution is 2.26. The van der Waals surface area contributed by atoms with Crippen LogP contribution in [-0.2, 0) is 0 Å². The van der Waals surface area contributed by atoms with Gasteiger partial charge in [0.05, 0.1) is 0 Å². The minimum atomic E-state index is 0.883. The average Bonchev–Trinajstić information content (AvgIpc) is 2.71. The molecule has 0 N–H and O–H groups in total. The Labute approximate surface area is 81.9 Å². The molecule has 3 heterocycles. The van der Waals surface area contributed by atoms with Crippen molar-refractivity contribution >= 4 is 12.3 Å². The van der Waals surface area contributed by atoms with Crippen molar-refractivity contribution in [3.8, 4) is 0 Å². The molecule has 70 valence electrons. The highest BCUT2D eigenvalue weighted by Gasteiger charge is 2.17. The molecular weight excluding hydrogens is 176 g/mol. The molecule has 4 nitrogen and oxygen atoms in total. The number of fused-ring (bicyclic) bond motifs is 2. The van der Waals surface area contributed by atoms with E-state index in [9.17, 15) is 0 Å². The number of hydrogen-bond acceptors (Lipinski definition) is 3. The van der Waals surface area contributed by atoms with Gasteiger partial charge in [0, 0.05) is 31.6 Å². The van der Waals surface area contributed by atoms with Gasteiger partial charge in [-0.3, -0.25) is 4.57 Å². The summed E-state index contributed by atoms with van der Waals surface area (Å²) >= 11 is 0. The Morgan fingerprint density at radius 3 is 3.29 bits per heavy atom. The molecule has 3 rings (SSSR count). The summed E-state index contributed by atoms with van der Waals surface area (Å²) in [5.41, 5.74) is 2.48. The van der Waals surface area contributed by atoms with Crippen LogP contribution in [0.3, 0.4) is 0 Å². The van der Waals surface area contributed by atoms with Crippen LogP contribution in [0.1, 0.15) is 5.82 Å². The van der Waals surface area contributed by atoms with Crippen LogP contribution in [0.5, 0.6) is 0 Å². The first-order valence-corrected chi connectivity index (χ1v) is 4.56. The van der Waals surface area contributed by atoms with Gasteiger partial charge in [0.2, 0.25) is 0 Å². The summed E-state index contributed by atoms with van der Waals surface area (Å²) in [7, 11) is 2.08. The summed E-state index contributed by atoms with van der Waals surface area (Å²) in [6.45, 7) is 0.972. The summed E-state index contributed by atoms with van der Waals surface area (Å²) in [5.74, 6) is 0.883. The normalized spacial score (nSPS) is 18.5. The Hall–Kier alpha value is -1.84. The van der Waals surface area contributed by atoms with Gasteiger partial charge in [-0.2, -0.15) is 0 Å². The van der Waals surface area contributed by atoms with E-state index in [1.807, 2.05) is 10.8 Å². The monoisotopic (exact) mass is 186 g/mol. The highest BCUT2D eigenvalue weighted by atomic mass is 15.3. The van der Waals surface area contributed by atoms with Gasteiger partial charge < -0.3 is 4.90 Å². The molecule has 0 aromatic carbocycles. The van der Waals surface area contributed by atoms with Gasteiger partial charge >= 0.3 is 0 Å². The van der Waals surface area contributed by atoms with E-state index in [4.69, 9.17) is 0 Å². The quantitative estimate of drug-likeness (QED) is 0.605. The lowest BCUT2D eigenvalue weighted by Crippen LogP contribution is -2.11. The van der Waals surface area contributed by atoms with E-state index in [1.165, 1.54) is 11.3 Å². The number of hydrogen-bond donors (Lipinski definition) is 0. The molecule has 0 saturated carbocycles. The molecule has 1 aromatic heterocycles. The summed E-state index contributed by atoms with van der Waals surface area (Å²) in [6, 6.07) is 0. The molecule has 0 fully saturated rings. The van der Waals surface area contributed by atoms with Gasteiger partial charge in [0.1, 0.15) is 6.33 Å². The van der Waals surface area contributed by atoms with Crippen molar-refractivity contribution in [1.29, 1.82) is 0 Å². The zero-order valence-corrected chi connectivity index (χ0v) is 7.88. The van der Waals surface area contributed by atoms with Crippen molar-refractivity contribution in [1.82, 2.24) is 19.7 Å². The summed E-state index contributed by atoms with van der Waals surface area (Å²) in [5, 5.41) is 7.91. The Bertz CT molecular complexity index is 464. The second-order valence-electron chi connectivity index (χ2n) is 3.48. The molecule has 0 saturated heterocycles. The highest BCUT2D eigenvalue weighted by molar-refractivity contribution is 5.63. The molecule has 0 radical (unpaired) electrons. The van der Waals surface area contributed by atoms with Crippen molar-refractivity contribution in [3.05, 3.63) is 35.6 Å². The predicted molar refractivity (Wildman–Crippen MR) is 54.0 cm³/mol. The SMILES string of the molecule is CN1CC=C2C=Cn3cnnc3C=C21. The minimum Gasteiger partial charge on any atom is -0.370 e. The molecular formula is C10H10N4. The molecule has 1 aromatic rings. The molecule has 4 heteroatoms. The van der Waals surface area contributed by atoms with Crippen LogP contribution in [0, 0.1) is 0 Å². The number of nitrogens with zero attached hydrogens (tertiary/aromatic N) is 4. The average molecular weight is 186 g/mol. The van der Waals surface area contributed by atoms with Crippen molar-refractivity contribution in [2.24, 2.45) is 0 Å². The summed E-state index contributed by atoms with van der Waals surface area (Å²) in [4.78, 5) is 2.20. The van der Waals surface area contributed by atoms with Gasteiger partial charge in [0.25, 0.3) is 0 Å². The number of aromatic nitrogens is 3. The van der Waals surface area contributed by atoms with Crippen LogP contribution in [0.2, 0.25) is 0 Å². The van der Waals surface area contributed by atoms with Gasteiger partial charge in [-0.15, -0.1) is 10.2 Å². The van der Waals surface area contributed by atoms with Crippen molar-refractivity contribution in [3.63, 3.8) is 0 Å². The van der Waals surface area contributed by atoms with E-state index < -0.39 is 0 Å². The first kappa shape index (κ1) is 7.55. The van der Waals surface area contributed by atoms with Gasteiger partial charge in [-0.1, -0.05) is 6.08 Å². The number of likely N-dealkylation sites (N-methyl/N-ethyl adjacent to an activating group) is 1. The molecule has 2 aliphatic rings. The van der Waals surface area contributed by atoms with E-state index in [2.05, 4.69) is 40.4 Å². The van der Waals surface area contributed by atoms with Crippen molar-refractivity contribution < 1.29 is 0 Å². The minimum absolute atomic E-state index is 0.883. The third-order valence-corrected chi connectivity index (χ3v) is 2.57. The fourth-order valence-corrected chi connectivity index (χ4v) is 1.76. The molecule has 2 aliphatic heterocycles. The number of allylic oxidation sites excluding steroid dienone is 1. The maximum absolute atomic E-state index is 4.04. The Kier molecular flexibility index (Phi) is 1.39. The van der Waals surface area contributed by atoms with Gasteiger partial charge in [-0.05, 0) is 11.6 Å². The third kappa shape index (κ3) is 0.937. The van der Waals surface area contributed by atoms with E-state index in [-0.39, 0.29) is 0 Å². The van der Waals surface area contributed by atoms with E-state index in [1.54, 1.807) is 6.33 Å². The topological polar surface area (TPSA) is 34.0 Å². The van der Waals surface area contributed by atoms with Crippen LogP contribution < -0.4 is 0 Å². The fraction of sp³-hybridized carbons (Fsp3) is 0.200. The van der Waals surface area contributed by atoms with Crippen molar-refractivity contribution in [2.45, 2.75) is 0 Å². The zero-order valence-electron chi connectivity index (χ0n) is 7.88. The molecule has 0 aliphatic carbocycles. The van der Waals surface area contributed by atoms with Crippen LogP contribution in [0.25, 0.3) is 12.3 Å². The lowest BCUT2D eigenvalue weighted by molar-refractivity contribution is 0.501. The largest absolute Gasteiger partial charge is 0.370 e. The maximum Gasteiger partial charge on any atom is 0.162 e. The summed E-state index contributed by atoms with van der Waals surface area (Å²) in [6.07, 6.45) is 10.1. The Morgan fingerprint density at radius 1 is 1.43 bits per heavy atom. The standard InChI is InChI=1S/C10H10N4/c1-13-4-2-8-3-5-14-7-11-12-10(14)6-9(8)13/h2-3,5-7H,4H2,1H3. The third-order valence-electron chi connectivity index (χ3n) is 2.57. The lowest BCUT2D eigenvalue weighted by Gasteiger charge is -2.13. The number of rotatable bonds is 0. The molecule has 0 spiro atoms. The molecule has 0 bridgehead atoms. The van der Waals surface area contributed by atoms with Gasteiger partial charge in [0.15, 0.2) is 5.82 Å². The molecule has 0 amide bonds. The van der Waals surface area contributed by atoms with Crippen LogP contribution in [-0.4, -0.2) is 33.3 Å².